The van der Waals surface area contributed by atoms with Crippen molar-refractivity contribution in [2.75, 3.05) is 0 Å². The van der Waals surface area contributed by atoms with Crippen LogP contribution in [0.5, 0.6) is 0 Å². The van der Waals surface area contributed by atoms with E-state index < -0.39 is 0 Å². The number of nitrogens with zero attached hydrogens (tertiary/aromatic N) is 1. The van der Waals surface area contributed by atoms with Crippen molar-refractivity contribution < 1.29 is 0 Å². The molecule has 78 valence electrons. The Morgan fingerprint density at radius 2 is 1.86 bits per heavy atom. The average Bonchev–Trinajstić information content (AvgIpc) is 2.02. The summed E-state index contributed by atoms with van der Waals surface area (Å²) < 4.78 is 1.78. The smallest absolute Gasteiger partial charge is 0.255 e. The summed E-state index contributed by atoms with van der Waals surface area (Å²) in [5.41, 5.74) is 7.42. The van der Waals surface area contributed by atoms with Crippen molar-refractivity contribution in [2.24, 2.45) is 5.73 Å². The minimum absolute atomic E-state index is 0.0370. The van der Waals surface area contributed by atoms with E-state index in [1.54, 1.807) is 4.57 Å². The second kappa shape index (κ2) is 3.96. The van der Waals surface area contributed by atoms with E-state index in [2.05, 4.69) is 0 Å². The zero-order valence-electron chi connectivity index (χ0n) is 9.24. The van der Waals surface area contributed by atoms with Crippen molar-refractivity contribution in [1.29, 1.82) is 0 Å². The highest BCUT2D eigenvalue weighted by Gasteiger charge is 2.11. The van der Waals surface area contributed by atoms with Crippen LogP contribution in [0.25, 0.3) is 0 Å². The van der Waals surface area contributed by atoms with Crippen LogP contribution in [0.4, 0.5) is 0 Å². The summed E-state index contributed by atoms with van der Waals surface area (Å²) in [6.07, 6.45) is 0. The van der Waals surface area contributed by atoms with Crippen LogP contribution in [-0.2, 0) is 0 Å². The van der Waals surface area contributed by atoms with E-state index in [1.807, 2.05) is 39.8 Å². The maximum atomic E-state index is 12.0. The molecule has 0 saturated carbocycles. The molecular formula is C11H18N2O. The minimum atomic E-state index is -0.201. The predicted molar refractivity (Wildman–Crippen MR) is 58.4 cm³/mol. The maximum absolute atomic E-state index is 12.0. The molecule has 0 radical (unpaired) electrons. The lowest BCUT2D eigenvalue weighted by molar-refractivity contribution is 0.553. The lowest BCUT2D eigenvalue weighted by Crippen LogP contribution is -2.29. The standard InChI is InChI=1S/C11H18N2O/c1-7(2)13-8(3)5-6-10(9(4)12)11(13)14/h5-7,9H,12H2,1-4H3. The van der Waals surface area contributed by atoms with Crippen molar-refractivity contribution in [3.63, 3.8) is 0 Å². The first kappa shape index (κ1) is 11.0. The average molecular weight is 194 g/mol. The fourth-order valence-corrected chi connectivity index (χ4v) is 1.65. The molecule has 0 aliphatic heterocycles. The lowest BCUT2D eigenvalue weighted by atomic mass is 10.1. The zero-order chi connectivity index (χ0) is 10.9. The van der Waals surface area contributed by atoms with E-state index in [0.717, 1.165) is 5.69 Å². The van der Waals surface area contributed by atoms with E-state index in [4.69, 9.17) is 5.73 Å². The van der Waals surface area contributed by atoms with E-state index >= 15 is 0 Å². The third kappa shape index (κ3) is 1.87. The van der Waals surface area contributed by atoms with Gasteiger partial charge in [0.2, 0.25) is 0 Å². The lowest BCUT2D eigenvalue weighted by Gasteiger charge is -2.16. The number of pyridine rings is 1. The first-order valence-electron chi connectivity index (χ1n) is 4.92. The summed E-state index contributed by atoms with van der Waals surface area (Å²) in [6.45, 7) is 7.77. The molecule has 0 aliphatic carbocycles. The zero-order valence-corrected chi connectivity index (χ0v) is 9.24. The second-order valence-electron chi connectivity index (χ2n) is 3.99. The SMILES string of the molecule is Cc1ccc(C(C)N)c(=O)n1C(C)C. The maximum Gasteiger partial charge on any atom is 0.255 e. The number of hydrogen-bond donors (Lipinski definition) is 1. The fraction of sp³-hybridized carbons (Fsp3) is 0.545. The van der Waals surface area contributed by atoms with Gasteiger partial charge in [0.05, 0.1) is 0 Å². The molecule has 1 aromatic rings. The second-order valence-corrected chi connectivity index (χ2v) is 3.99. The predicted octanol–water partition coefficient (Wildman–Crippen LogP) is 1.76. The van der Waals surface area contributed by atoms with Crippen LogP contribution in [0.2, 0.25) is 0 Å². The number of aromatic nitrogens is 1. The molecule has 0 spiro atoms. The van der Waals surface area contributed by atoms with Gasteiger partial charge >= 0.3 is 0 Å². The highest BCUT2D eigenvalue weighted by atomic mass is 16.1. The molecular weight excluding hydrogens is 176 g/mol. The Morgan fingerprint density at radius 3 is 2.29 bits per heavy atom. The molecule has 0 bridgehead atoms. The largest absolute Gasteiger partial charge is 0.324 e. The van der Waals surface area contributed by atoms with Crippen LogP contribution >= 0.6 is 0 Å². The van der Waals surface area contributed by atoms with Crippen LogP contribution in [0.3, 0.4) is 0 Å². The van der Waals surface area contributed by atoms with Gasteiger partial charge < -0.3 is 10.3 Å². The molecule has 0 saturated heterocycles. The molecule has 0 amide bonds. The third-order valence-corrected chi connectivity index (χ3v) is 2.36. The summed E-state index contributed by atoms with van der Waals surface area (Å²) in [5, 5.41) is 0. The Hall–Kier alpha value is -1.09. The van der Waals surface area contributed by atoms with Gasteiger partial charge in [-0.15, -0.1) is 0 Å². The van der Waals surface area contributed by atoms with Gasteiger partial charge in [-0.25, -0.2) is 0 Å². The summed E-state index contributed by atoms with van der Waals surface area (Å²) in [6, 6.07) is 3.75. The summed E-state index contributed by atoms with van der Waals surface area (Å²) in [4.78, 5) is 12.0. The molecule has 2 N–H and O–H groups in total. The van der Waals surface area contributed by atoms with E-state index in [0.29, 0.717) is 5.56 Å². The molecule has 14 heavy (non-hydrogen) atoms. The molecule has 0 fully saturated rings. The number of rotatable bonds is 2. The van der Waals surface area contributed by atoms with Gasteiger partial charge in [-0.2, -0.15) is 0 Å². The van der Waals surface area contributed by atoms with E-state index in [-0.39, 0.29) is 17.6 Å². The summed E-state index contributed by atoms with van der Waals surface area (Å²) >= 11 is 0. The van der Waals surface area contributed by atoms with E-state index in [9.17, 15) is 4.79 Å². The van der Waals surface area contributed by atoms with Crippen molar-refractivity contribution >= 4 is 0 Å². The first-order valence-corrected chi connectivity index (χ1v) is 4.92. The Balaban J connectivity index is 3.42. The van der Waals surface area contributed by atoms with Crippen LogP contribution in [0.15, 0.2) is 16.9 Å². The van der Waals surface area contributed by atoms with Gasteiger partial charge in [0.1, 0.15) is 0 Å². The Kier molecular flexibility index (Phi) is 3.11. The van der Waals surface area contributed by atoms with Crippen LogP contribution in [0, 0.1) is 6.92 Å². The third-order valence-electron chi connectivity index (χ3n) is 2.36. The van der Waals surface area contributed by atoms with Crippen molar-refractivity contribution in [2.45, 2.75) is 39.8 Å². The normalized spacial score (nSPS) is 13.3. The molecule has 1 atom stereocenters. The Bertz CT molecular complexity index is 377. The van der Waals surface area contributed by atoms with Crippen LogP contribution < -0.4 is 11.3 Å². The number of aryl methyl sites for hydroxylation is 1. The fourth-order valence-electron chi connectivity index (χ4n) is 1.65. The quantitative estimate of drug-likeness (QED) is 0.779. The summed E-state index contributed by atoms with van der Waals surface area (Å²) in [7, 11) is 0. The number of hydrogen-bond acceptors (Lipinski definition) is 2. The molecule has 1 aromatic heterocycles. The highest BCUT2D eigenvalue weighted by molar-refractivity contribution is 5.18. The topological polar surface area (TPSA) is 48.0 Å². The van der Waals surface area contributed by atoms with Crippen LogP contribution in [0.1, 0.15) is 44.1 Å². The molecule has 0 aromatic carbocycles. The molecule has 0 aliphatic rings. The van der Waals surface area contributed by atoms with Crippen molar-refractivity contribution in [3.05, 3.63) is 33.7 Å². The van der Waals surface area contributed by atoms with Crippen molar-refractivity contribution in [1.82, 2.24) is 4.57 Å². The molecule has 3 heteroatoms. The summed E-state index contributed by atoms with van der Waals surface area (Å²) in [5.74, 6) is 0. The van der Waals surface area contributed by atoms with Gasteiger partial charge in [0.25, 0.3) is 5.56 Å². The van der Waals surface area contributed by atoms with Crippen molar-refractivity contribution in [3.8, 4) is 0 Å². The monoisotopic (exact) mass is 194 g/mol. The number of nitrogens with two attached hydrogens (primary N) is 1. The molecule has 1 heterocycles. The molecule has 3 nitrogen and oxygen atoms in total. The molecule has 1 unspecified atom stereocenters. The first-order chi connectivity index (χ1) is 6.45. The minimum Gasteiger partial charge on any atom is -0.324 e. The van der Waals surface area contributed by atoms with Gasteiger partial charge in [-0.3, -0.25) is 4.79 Å². The van der Waals surface area contributed by atoms with Gasteiger partial charge in [-0.1, -0.05) is 6.07 Å². The highest BCUT2D eigenvalue weighted by Crippen LogP contribution is 2.09. The van der Waals surface area contributed by atoms with Crippen LogP contribution in [-0.4, -0.2) is 4.57 Å². The Morgan fingerprint density at radius 1 is 1.29 bits per heavy atom. The molecule has 1 rings (SSSR count). The Labute approximate surface area is 84.6 Å². The van der Waals surface area contributed by atoms with Gasteiger partial charge in [0, 0.05) is 23.3 Å². The van der Waals surface area contributed by atoms with Gasteiger partial charge in [-0.05, 0) is 33.8 Å². The van der Waals surface area contributed by atoms with E-state index in [1.165, 1.54) is 0 Å². The van der Waals surface area contributed by atoms with Gasteiger partial charge in [0.15, 0.2) is 0 Å².